The lowest BCUT2D eigenvalue weighted by molar-refractivity contribution is -0.129. The van der Waals surface area contributed by atoms with E-state index in [0.717, 1.165) is 0 Å². The lowest BCUT2D eigenvalue weighted by Gasteiger charge is -2.37. The Hall–Kier alpha value is -2.24. The number of ether oxygens (including phenoxy) is 1. The second-order valence-corrected chi connectivity index (χ2v) is 5.30. The Kier molecular flexibility index (Phi) is 4.67. The van der Waals surface area contributed by atoms with Gasteiger partial charge in [0, 0.05) is 13.1 Å². The van der Waals surface area contributed by atoms with Crippen molar-refractivity contribution in [1.82, 2.24) is 10.2 Å². The third kappa shape index (κ3) is 3.26. The summed E-state index contributed by atoms with van der Waals surface area (Å²) in [6.07, 6.45) is 0. The quantitative estimate of drug-likeness (QED) is 0.890. The summed E-state index contributed by atoms with van der Waals surface area (Å²) in [7, 11) is 1.55. The Morgan fingerprint density at radius 1 is 1.43 bits per heavy atom. The first-order valence-electron chi connectivity index (χ1n) is 7.03. The van der Waals surface area contributed by atoms with E-state index in [0.29, 0.717) is 24.5 Å². The fraction of sp³-hybridized carbons (Fsp3) is 0.467. The van der Waals surface area contributed by atoms with Crippen LogP contribution in [0.4, 0.5) is 10.5 Å². The Labute approximate surface area is 124 Å². The molecule has 1 aromatic carbocycles. The number of carbonyl (C=O) groups is 2. The molecule has 0 radical (unpaired) electrons. The number of nitrogens with one attached hydrogen (secondary N) is 2. The lowest BCUT2D eigenvalue weighted by Crippen LogP contribution is -2.60. The number of benzene rings is 1. The van der Waals surface area contributed by atoms with Crippen LogP contribution in [0.5, 0.6) is 5.75 Å². The molecule has 6 nitrogen and oxygen atoms in total. The number of amides is 3. The normalized spacial score (nSPS) is 18.4. The molecule has 3 amide bonds. The van der Waals surface area contributed by atoms with Gasteiger partial charge in [0.2, 0.25) is 5.91 Å². The highest BCUT2D eigenvalue weighted by Gasteiger charge is 2.35. The van der Waals surface area contributed by atoms with Gasteiger partial charge < -0.3 is 20.3 Å². The standard InChI is InChI=1S/C15H21N3O3/c1-10(2)13-14(19)16-8-9-18(13)15(20)17-11-6-4-5-7-12(11)21-3/h4-7,10,13H,8-9H2,1-3H3,(H,16,19)(H,17,20). The van der Waals surface area contributed by atoms with Crippen molar-refractivity contribution in [2.45, 2.75) is 19.9 Å². The van der Waals surface area contributed by atoms with Crippen LogP contribution in [-0.4, -0.2) is 43.1 Å². The molecule has 0 spiro atoms. The van der Waals surface area contributed by atoms with E-state index in [1.54, 1.807) is 24.1 Å². The number of methoxy groups -OCH3 is 1. The molecule has 0 bridgehead atoms. The van der Waals surface area contributed by atoms with E-state index < -0.39 is 6.04 Å². The van der Waals surface area contributed by atoms with E-state index in [-0.39, 0.29) is 17.9 Å². The van der Waals surface area contributed by atoms with Gasteiger partial charge in [-0.25, -0.2) is 4.79 Å². The van der Waals surface area contributed by atoms with Crippen molar-refractivity contribution < 1.29 is 14.3 Å². The molecule has 1 atom stereocenters. The molecule has 0 aliphatic carbocycles. The van der Waals surface area contributed by atoms with Crippen molar-refractivity contribution in [2.24, 2.45) is 5.92 Å². The zero-order valence-corrected chi connectivity index (χ0v) is 12.6. The molecular formula is C15H21N3O3. The van der Waals surface area contributed by atoms with Crippen LogP contribution in [0.2, 0.25) is 0 Å². The van der Waals surface area contributed by atoms with Crippen LogP contribution in [0.3, 0.4) is 0 Å². The van der Waals surface area contributed by atoms with E-state index in [9.17, 15) is 9.59 Å². The summed E-state index contributed by atoms with van der Waals surface area (Å²) in [4.78, 5) is 26.0. The molecule has 1 heterocycles. The van der Waals surface area contributed by atoms with Crippen molar-refractivity contribution in [3.63, 3.8) is 0 Å². The van der Waals surface area contributed by atoms with Gasteiger partial charge in [0.25, 0.3) is 0 Å². The van der Waals surface area contributed by atoms with Gasteiger partial charge >= 0.3 is 6.03 Å². The minimum Gasteiger partial charge on any atom is -0.495 e. The molecule has 1 fully saturated rings. The van der Waals surface area contributed by atoms with Crippen molar-refractivity contribution in [3.8, 4) is 5.75 Å². The number of hydrogen-bond acceptors (Lipinski definition) is 3. The maximum atomic E-state index is 12.5. The van der Waals surface area contributed by atoms with Gasteiger partial charge in [-0.2, -0.15) is 0 Å². The van der Waals surface area contributed by atoms with Gasteiger partial charge in [0.1, 0.15) is 11.8 Å². The molecule has 0 aromatic heterocycles. The Morgan fingerprint density at radius 3 is 2.81 bits per heavy atom. The van der Waals surface area contributed by atoms with Crippen molar-refractivity contribution >= 4 is 17.6 Å². The topological polar surface area (TPSA) is 70.7 Å². The Balaban J connectivity index is 2.16. The monoisotopic (exact) mass is 291 g/mol. The molecule has 6 heteroatoms. The van der Waals surface area contributed by atoms with Gasteiger partial charge in [-0.3, -0.25) is 4.79 Å². The first kappa shape index (κ1) is 15.2. The Bertz CT molecular complexity index is 531. The van der Waals surface area contributed by atoms with Crippen LogP contribution in [0.1, 0.15) is 13.8 Å². The van der Waals surface area contributed by atoms with Gasteiger partial charge in [0.05, 0.1) is 12.8 Å². The molecule has 2 rings (SSSR count). The van der Waals surface area contributed by atoms with E-state index in [1.807, 2.05) is 26.0 Å². The lowest BCUT2D eigenvalue weighted by atomic mass is 10.00. The summed E-state index contributed by atoms with van der Waals surface area (Å²) in [5.41, 5.74) is 0.596. The number of hydrogen-bond donors (Lipinski definition) is 2. The summed E-state index contributed by atoms with van der Waals surface area (Å²) in [6.45, 7) is 4.83. The minimum absolute atomic E-state index is 0.0497. The second kappa shape index (κ2) is 6.47. The molecule has 2 N–H and O–H groups in total. The van der Waals surface area contributed by atoms with E-state index in [4.69, 9.17) is 4.74 Å². The second-order valence-electron chi connectivity index (χ2n) is 5.30. The van der Waals surface area contributed by atoms with Crippen molar-refractivity contribution in [1.29, 1.82) is 0 Å². The highest BCUT2D eigenvalue weighted by molar-refractivity contribution is 5.95. The fourth-order valence-corrected chi connectivity index (χ4v) is 2.51. The number of para-hydroxylation sites is 2. The summed E-state index contributed by atoms with van der Waals surface area (Å²) in [5, 5.41) is 5.62. The third-order valence-electron chi connectivity index (χ3n) is 3.50. The average molecular weight is 291 g/mol. The SMILES string of the molecule is COc1ccccc1NC(=O)N1CCNC(=O)C1C(C)C. The number of rotatable bonds is 3. The summed E-state index contributed by atoms with van der Waals surface area (Å²) >= 11 is 0. The van der Waals surface area contributed by atoms with Gasteiger partial charge in [-0.15, -0.1) is 0 Å². The average Bonchev–Trinajstić information content (AvgIpc) is 2.47. The first-order valence-corrected chi connectivity index (χ1v) is 7.03. The van der Waals surface area contributed by atoms with E-state index in [1.165, 1.54) is 0 Å². The van der Waals surface area contributed by atoms with Crippen LogP contribution in [0, 0.1) is 5.92 Å². The maximum Gasteiger partial charge on any atom is 0.322 e. The number of piperazine rings is 1. The minimum atomic E-state index is -0.451. The van der Waals surface area contributed by atoms with Gasteiger partial charge in [-0.1, -0.05) is 26.0 Å². The summed E-state index contributed by atoms with van der Waals surface area (Å²) < 4.78 is 5.22. The molecule has 1 unspecified atom stereocenters. The van der Waals surface area contributed by atoms with E-state index >= 15 is 0 Å². The fourth-order valence-electron chi connectivity index (χ4n) is 2.51. The highest BCUT2D eigenvalue weighted by atomic mass is 16.5. The predicted octanol–water partition coefficient (Wildman–Crippen LogP) is 1.68. The first-order chi connectivity index (χ1) is 10.0. The smallest absolute Gasteiger partial charge is 0.322 e. The molecule has 21 heavy (non-hydrogen) atoms. The highest BCUT2D eigenvalue weighted by Crippen LogP contribution is 2.24. The predicted molar refractivity (Wildman–Crippen MR) is 80.4 cm³/mol. The zero-order chi connectivity index (χ0) is 15.4. The molecule has 114 valence electrons. The van der Waals surface area contributed by atoms with Gasteiger partial charge in [0.15, 0.2) is 0 Å². The molecule has 1 aliphatic heterocycles. The number of urea groups is 1. The maximum absolute atomic E-state index is 12.5. The molecule has 1 aliphatic rings. The van der Waals surface area contributed by atoms with Crippen molar-refractivity contribution in [3.05, 3.63) is 24.3 Å². The number of carbonyl (C=O) groups excluding carboxylic acids is 2. The molecular weight excluding hydrogens is 270 g/mol. The van der Waals surface area contributed by atoms with Crippen LogP contribution < -0.4 is 15.4 Å². The third-order valence-corrected chi connectivity index (χ3v) is 3.50. The molecule has 0 saturated carbocycles. The van der Waals surface area contributed by atoms with Crippen LogP contribution in [0.25, 0.3) is 0 Å². The number of anilines is 1. The van der Waals surface area contributed by atoms with Crippen LogP contribution in [0.15, 0.2) is 24.3 Å². The van der Waals surface area contributed by atoms with Crippen molar-refractivity contribution in [2.75, 3.05) is 25.5 Å². The van der Waals surface area contributed by atoms with Crippen LogP contribution >= 0.6 is 0 Å². The number of nitrogens with zero attached hydrogens (tertiary/aromatic N) is 1. The van der Waals surface area contributed by atoms with Crippen LogP contribution in [-0.2, 0) is 4.79 Å². The molecule has 1 aromatic rings. The largest absolute Gasteiger partial charge is 0.495 e. The summed E-state index contributed by atoms with van der Waals surface area (Å²) in [6, 6.07) is 6.46. The van der Waals surface area contributed by atoms with Gasteiger partial charge in [-0.05, 0) is 18.1 Å². The Morgan fingerprint density at radius 2 is 2.14 bits per heavy atom. The summed E-state index contributed by atoms with van der Waals surface area (Å²) in [5.74, 6) is 0.536. The van der Waals surface area contributed by atoms with E-state index in [2.05, 4.69) is 10.6 Å². The molecule has 1 saturated heterocycles. The zero-order valence-electron chi connectivity index (χ0n) is 12.6.